The van der Waals surface area contributed by atoms with Crippen LogP contribution in [0.15, 0.2) is 6.20 Å². The van der Waals surface area contributed by atoms with Gasteiger partial charge in [-0.25, -0.2) is 0 Å². The monoisotopic (exact) mass is 184 g/mol. The first-order valence-electron chi connectivity index (χ1n) is 4.30. The molecule has 0 aliphatic carbocycles. The molecule has 0 bridgehead atoms. The van der Waals surface area contributed by atoms with E-state index in [1.807, 2.05) is 18.5 Å². The number of hydrogen-bond donors (Lipinski definition) is 2. The second-order valence-corrected chi connectivity index (χ2v) is 2.80. The highest BCUT2D eigenvalue weighted by atomic mass is 16.5. The first-order chi connectivity index (χ1) is 6.24. The number of hydrogen-bond acceptors (Lipinski definition) is 4. The minimum atomic E-state index is 0.0393. The summed E-state index contributed by atoms with van der Waals surface area (Å²) in [5, 5.41) is 4.17. The van der Waals surface area contributed by atoms with Crippen molar-refractivity contribution in [2.75, 3.05) is 7.11 Å². The van der Waals surface area contributed by atoms with Crippen LogP contribution in [0.25, 0.3) is 0 Å². The molecule has 0 radical (unpaired) electrons. The van der Waals surface area contributed by atoms with Gasteiger partial charge < -0.3 is 4.74 Å². The molecule has 74 valence electrons. The molecule has 0 saturated carbocycles. The van der Waals surface area contributed by atoms with Crippen molar-refractivity contribution >= 4 is 0 Å². The van der Waals surface area contributed by atoms with Crippen LogP contribution in [-0.2, 0) is 6.54 Å². The van der Waals surface area contributed by atoms with Crippen molar-refractivity contribution in [1.82, 2.24) is 15.2 Å². The van der Waals surface area contributed by atoms with E-state index < -0.39 is 0 Å². The summed E-state index contributed by atoms with van der Waals surface area (Å²) in [7, 11) is 1.63. The van der Waals surface area contributed by atoms with Gasteiger partial charge in [-0.05, 0) is 13.8 Å². The van der Waals surface area contributed by atoms with E-state index in [1.165, 1.54) is 0 Å². The molecule has 0 amide bonds. The van der Waals surface area contributed by atoms with Crippen molar-refractivity contribution in [1.29, 1.82) is 0 Å². The van der Waals surface area contributed by atoms with Crippen LogP contribution < -0.4 is 16.0 Å². The highest BCUT2D eigenvalue weighted by molar-refractivity contribution is 5.27. The van der Waals surface area contributed by atoms with Gasteiger partial charge in [0, 0.05) is 6.54 Å². The van der Waals surface area contributed by atoms with Crippen LogP contribution in [-0.4, -0.2) is 16.9 Å². The van der Waals surface area contributed by atoms with E-state index in [0.29, 0.717) is 0 Å². The summed E-state index contributed by atoms with van der Waals surface area (Å²) in [5.41, 5.74) is 3.66. The minimum Gasteiger partial charge on any atom is -0.493 e. The molecule has 0 aliphatic heterocycles. The fourth-order valence-corrected chi connectivity index (χ4v) is 1.30. The van der Waals surface area contributed by atoms with E-state index in [1.54, 1.807) is 13.3 Å². The number of hydrazine groups is 1. The zero-order chi connectivity index (χ0) is 9.84. The van der Waals surface area contributed by atoms with Crippen LogP contribution >= 0.6 is 0 Å². The summed E-state index contributed by atoms with van der Waals surface area (Å²) in [6.07, 6.45) is 1.70. The average Bonchev–Trinajstić information content (AvgIpc) is 2.59. The van der Waals surface area contributed by atoms with Gasteiger partial charge in [0.05, 0.1) is 25.0 Å². The number of nitrogens with two attached hydrogens (primary N) is 1. The molecule has 1 aromatic heterocycles. The number of nitrogens with one attached hydrogen (secondary N) is 1. The van der Waals surface area contributed by atoms with Crippen molar-refractivity contribution in [3.63, 3.8) is 0 Å². The van der Waals surface area contributed by atoms with Crippen molar-refractivity contribution in [2.45, 2.75) is 26.4 Å². The van der Waals surface area contributed by atoms with E-state index in [-0.39, 0.29) is 6.04 Å². The van der Waals surface area contributed by atoms with Gasteiger partial charge in [-0.15, -0.1) is 0 Å². The summed E-state index contributed by atoms with van der Waals surface area (Å²) >= 11 is 0. The standard InChI is InChI=1S/C8H16N4O/c1-4-12-8(6(2)11-9)7(13-3)5-10-12/h5-6,11H,4,9H2,1-3H3. The molecular formula is C8H16N4O. The molecule has 1 aromatic rings. The molecule has 1 atom stereocenters. The second-order valence-electron chi connectivity index (χ2n) is 2.80. The lowest BCUT2D eigenvalue weighted by molar-refractivity contribution is 0.396. The van der Waals surface area contributed by atoms with Gasteiger partial charge in [-0.3, -0.25) is 16.0 Å². The third-order valence-electron chi connectivity index (χ3n) is 2.02. The Balaban J connectivity index is 3.04. The maximum absolute atomic E-state index is 5.36. The molecule has 1 unspecified atom stereocenters. The molecule has 1 rings (SSSR count). The van der Waals surface area contributed by atoms with Gasteiger partial charge in [-0.2, -0.15) is 5.10 Å². The number of rotatable bonds is 4. The Kier molecular flexibility index (Phi) is 3.27. The summed E-state index contributed by atoms with van der Waals surface area (Å²) in [4.78, 5) is 0. The lowest BCUT2D eigenvalue weighted by Crippen LogP contribution is -2.27. The Morgan fingerprint density at radius 1 is 1.77 bits per heavy atom. The average molecular weight is 184 g/mol. The topological polar surface area (TPSA) is 65.1 Å². The van der Waals surface area contributed by atoms with Gasteiger partial charge in [0.2, 0.25) is 0 Å². The quantitative estimate of drug-likeness (QED) is 0.526. The highest BCUT2D eigenvalue weighted by Crippen LogP contribution is 2.23. The minimum absolute atomic E-state index is 0.0393. The van der Waals surface area contributed by atoms with E-state index in [4.69, 9.17) is 10.6 Å². The number of aryl methyl sites for hydroxylation is 1. The number of methoxy groups -OCH3 is 1. The molecule has 13 heavy (non-hydrogen) atoms. The van der Waals surface area contributed by atoms with E-state index in [2.05, 4.69) is 10.5 Å². The molecule has 0 aromatic carbocycles. The molecule has 0 saturated heterocycles. The van der Waals surface area contributed by atoms with Crippen molar-refractivity contribution < 1.29 is 4.74 Å². The van der Waals surface area contributed by atoms with Gasteiger partial charge in [-0.1, -0.05) is 0 Å². The van der Waals surface area contributed by atoms with Crippen LogP contribution in [0.2, 0.25) is 0 Å². The molecule has 5 heteroatoms. The van der Waals surface area contributed by atoms with Gasteiger partial charge in [0.25, 0.3) is 0 Å². The van der Waals surface area contributed by atoms with Crippen molar-refractivity contribution in [3.05, 3.63) is 11.9 Å². The van der Waals surface area contributed by atoms with Gasteiger partial charge >= 0.3 is 0 Å². The normalized spacial score (nSPS) is 12.9. The number of aromatic nitrogens is 2. The maximum atomic E-state index is 5.36. The molecule has 1 heterocycles. The Morgan fingerprint density at radius 3 is 2.92 bits per heavy atom. The molecule has 5 nitrogen and oxygen atoms in total. The Bertz CT molecular complexity index is 250. The third kappa shape index (κ3) is 1.81. The summed E-state index contributed by atoms with van der Waals surface area (Å²) in [5.74, 6) is 6.13. The Labute approximate surface area is 77.8 Å². The highest BCUT2D eigenvalue weighted by Gasteiger charge is 2.15. The number of ether oxygens (including phenoxy) is 1. The van der Waals surface area contributed by atoms with Crippen molar-refractivity contribution in [2.24, 2.45) is 5.84 Å². The largest absolute Gasteiger partial charge is 0.493 e. The molecule has 0 aliphatic rings. The summed E-state index contributed by atoms with van der Waals surface area (Å²) in [6, 6.07) is 0.0393. The third-order valence-corrected chi connectivity index (χ3v) is 2.02. The van der Waals surface area contributed by atoms with E-state index in [0.717, 1.165) is 18.0 Å². The zero-order valence-corrected chi connectivity index (χ0v) is 8.24. The van der Waals surface area contributed by atoms with Gasteiger partial charge in [0.15, 0.2) is 5.75 Å². The zero-order valence-electron chi connectivity index (χ0n) is 8.24. The van der Waals surface area contributed by atoms with Crippen LogP contribution in [0.5, 0.6) is 5.75 Å². The predicted molar refractivity (Wildman–Crippen MR) is 50.2 cm³/mol. The molecule has 0 spiro atoms. The van der Waals surface area contributed by atoms with Crippen LogP contribution in [0.4, 0.5) is 0 Å². The van der Waals surface area contributed by atoms with Crippen LogP contribution in [0.1, 0.15) is 25.6 Å². The lowest BCUT2D eigenvalue weighted by Gasteiger charge is -2.13. The Hall–Kier alpha value is -1.07. The van der Waals surface area contributed by atoms with E-state index >= 15 is 0 Å². The maximum Gasteiger partial charge on any atom is 0.161 e. The SMILES string of the molecule is CCn1ncc(OC)c1C(C)NN. The lowest BCUT2D eigenvalue weighted by atomic mass is 10.2. The smallest absolute Gasteiger partial charge is 0.161 e. The summed E-state index contributed by atoms with van der Waals surface area (Å²) in [6.45, 7) is 4.80. The van der Waals surface area contributed by atoms with Crippen molar-refractivity contribution in [3.8, 4) is 5.75 Å². The van der Waals surface area contributed by atoms with Crippen LogP contribution in [0.3, 0.4) is 0 Å². The molecule has 0 fully saturated rings. The second kappa shape index (κ2) is 4.25. The molecule has 3 N–H and O–H groups in total. The fourth-order valence-electron chi connectivity index (χ4n) is 1.30. The van der Waals surface area contributed by atoms with Gasteiger partial charge in [0.1, 0.15) is 0 Å². The fraction of sp³-hybridized carbons (Fsp3) is 0.625. The van der Waals surface area contributed by atoms with E-state index in [9.17, 15) is 0 Å². The first kappa shape index (κ1) is 10.0. The Morgan fingerprint density at radius 2 is 2.46 bits per heavy atom. The predicted octanol–water partition coefficient (Wildman–Crippen LogP) is 0.436. The molecular weight excluding hydrogens is 168 g/mol. The summed E-state index contributed by atoms with van der Waals surface area (Å²) < 4.78 is 7.04. The first-order valence-corrected chi connectivity index (χ1v) is 4.30. The number of nitrogens with zero attached hydrogens (tertiary/aromatic N) is 2. The van der Waals surface area contributed by atoms with Crippen LogP contribution in [0, 0.1) is 0 Å².